The molecule has 0 aromatic carbocycles. The van der Waals surface area contributed by atoms with E-state index in [9.17, 15) is 0 Å². The topological polar surface area (TPSA) is 26.0 Å². The number of hydrogen-bond donors (Lipinski definition) is 0. The van der Waals surface area contributed by atoms with E-state index in [-0.39, 0.29) is 0 Å². The highest BCUT2D eigenvalue weighted by Gasteiger charge is 2.42. The molecule has 0 spiro atoms. The van der Waals surface area contributed by atoms with E-state index in [0.717, 1.165) is 11.8 Å². The molecule has 1 saturated carbocycles. The lowest BCUT2D eigenvalue weighted by Gasteiger charge is -2.37. The lowest BCUT2D eigenvalue weighted by molar-refractivity contribution is 0.258. The van der Waals surface area contributed by atoms with Gasteiger partial charge in [0.2, 0.25) is 0 Å². The highest BCUT2D eigenvalue weighted by molar-refractivity contribution is 5.37. The molecular weight excluding hydrogens is 138 g/mol. The van der Waals surface area contributed by atoms with E-state index in [4.69, 9.17) is 4.52 Å². The van der Waals surface area contributed by atoms with Crippen LogP contribution in [0.5, 0.6) is 0 Å². The monoisotopic (exact) mass is 149 g/mol. The predicted molar refractivity (Wildman–Crippen MR) is 40.5 cm³/mol. The van der Waals surface area contributed by atoms with E-state index >= 15 is 0 Å². The van der Waals surface area contributed by atoms with Crippen LogP contribution in [0, 0.1) is 0 Å². The van der Waals surface area contributed by atoms with Crippen molar-refractivity contribution in [3.05, 3.63) is 17.5 Å². The van der Waals surface area contributed by atoms with Gasteiger partial charge in [0.15, 0.2) is 0 Å². The molecule has 58 valence electrons. The van der Waals surface area contributed by atoms with Gasteiger partial charge in [0.1, 0.15) is 5.76 Å². The molecule has 2 nitrogen and oxygen atoms in total. The number of nitrogens with zero attached hydrogens (tertiary/aromatic N) is 1. The molecule has 2 aliphatic carbocycles. The summed E-state index contributed by atoms with van der Waals surface area (Å²) >= 11 is 0. The van der Waals surface area contributed by atoms with Gasteiger partial charge < -0.3 is 4.52 Å². The first-order valence-corrected chi connectivity index (χ1v) is 4.41. The fourth-order valence-corrected chi connectivity index (χ4v) is 2.54. The Balaban J connectivity index is 2.02. The van der Waals surface area contributed by atoms with Crippen molar-refractivity contribution >= 4 is 0 Å². The summed E-state index contributed by atoms with van der Waals surface area (Å²) < 4.78 is 5.17. The van der Waals surface area contributed by atoms with Crippen molar-refractivity contribution in [2.75, 3.05) is 0 Å². The first-order valence-electron chi connectivity index (χ1n) is 4.41. The van der Waals surface area contributed by atoms with Crippen molar-refractivity contribution in [1.29, 1.82) is 0 Å². The van der Waals surface area contributed by atoms with Crippen LogP contribution in [0.25, 0.3) is 0 Å². The second-order valence-corrected chi connectivity index (χ2v) is 3.64. The average molecular weight is 149 g/mol. The lowest BCUT2D eigenvalue weighted by atomic mass is 9.65. The molecule has 1 fully saturated rings. The third-order valence-corrected chi connectivity index (χ3v) is 3.13. The van der Waals surface area contributed by atoms with Crippen LogP contribution < -0.4 is 0 Å². The Morgan fingerprint density at radius 1 is 1.27 bits per heavy atom. The van der Waals surface area contributed by atoms with Crippen LogP contribution in [0.15, 0.2) is 10.7 Å². The Hall–Kier alpha value is -0.790. The zero-order chi connectivity index (χ0) is 7.26. The summed E-state index contributed by atoms with van der Waals surface area (Å²) in [4.78, 5) is 0. The minimum atomic E-state index is 0.737. The fourth-order valence-electron chi connectivity index (χ4n) is 2.54. The number of hydrogen-bond acceptors (Lipinski definition) is 2. The summed E-state index contributed by atoms with van der Waals surface area (Å²) in [5.74, 6) is 2.74. The summed E-state index contributed by atoms with van der Waals surface area (Å²) in [6.45, 7) is 0. The third-order valence-electron chi connectivity index (χ3n) is 3.13. The van der Waals surface area contributed by atoms with E-state index in [1.54, 1.807) is 0 Å². The molecule has 11 heavy (non-hydrogen) atoms. The van der Waals surface area contributed by atoms with Gasteiger partial charge in [-0.2, -0.15) is 0 Å². The summed E-state index contributed by atoms with van der Waals surface area (Å²) in [6, 6.07) is 0. The van der Waals surface area contributed by atoms with Gasteiger partial charge in [0.05, 0.1) is 6.20 Å². The van der Waals surface area contributed by atoms with Crippen molar-refractivity contribution in [1.82, 2.24) is 5.16 Å². The Labute approximate surface area is 65.6 Å². The molecule has 0 saturated heterocycles. The first-order chi connectivity index (χ1) is 5.47. The van der Waals surface area contributed by atoms with E-state index in [1.165, 1.54) is 37.0 Å². The molecule has 0 N–H and O–H groups in total. The predicted octanol–water partition coefficient (Wildman–Crippen LogP) is 2.43. The molecule has 1 aromatic rings. The highest BCUT2D eigenvalue weighted by Crippen LogP contribution is 2.54. The number of rotatable bonds is 0. The fraction of sp³-hybridized carbons (Fsp3) is 0.667. The number of fused-ring (bicyclic) bond motifs is 4. The van der Waals surface area contributed by atoms with Crippen LogP contribution in [0.1, 0.15) is 48.8 Å². The van der Waals surface area contributed by atoms with E-state index in [2.05, 4.69) is 5.16 Å². The molecule has 2 heteroatoms. The van der Waals surface area contributed by atoms with Gasteiger partial charge in [0.25, 0.3) is 0 Å². The van der Waals surface area contributed by atoms with Gasteiger partial charge >= 0.3 is 0 Å². The van der Waals surface area contributed by atoms with E-state index in [1.807, 2.05) is 6.20 Å². The second kappa shape index (κ2) is 1.87. The Morgan fingerprint density at radius 2 is 2.09 bits per heavy atom. The van der Waals surface area contributed by atoms with Gasteiger partial charge in [-0.25, -0.2) is 0 Å². The van der Waals surface area contributed by atoms with Crippen molar-refractivity contribution in [3.8, 4) is 0 Å². The summed E-state index contributed by atoms with van der Waals surface area (Å²) in [7, 11) is 0. The maximum absolute atomic E-state index is 5.17. The van der Waals surface area contributed by atoms with Crippen LogP contribution in [-0.4, -0.2) is 5.16 Å². The highest BCUT2D eigenvalue weighted by atomic mass is 16.5. The molecule has 0 aliphatic heterocycles. The van der Waals surface area contributed by atoms with Crippen LogP contribution >= 0.6 is 0 Å². The first kappa shape index (κ1) is 5.81. The number of aromatic nitrogens is 1. The zero-order valence-corrected chi connectivity index (χ0v) is 6.42. The van der Waals surface area contributed by atoms with E-state index < -0.39 is 0 Å². The molecule has 3 rings (SSSR count). The quantitative estimate of drug-likeness (QED) is 0.566. The lowest BCUT2D eigenvalue weighted by Crippen LogP contribution is -2.25. The molecule has 0 bridgehead atoms. The molecule has 2 unspecified atom stereocenters. The summed E-state index contributed by atoms with van der Waals surface area (Å²) in [5.41, 5.74) is 1.40. The van der Waals surface area contributed by atoms with E-state index in [0.29, 0.717) is 0 Å². The van der Waals surface area contributed by atoms with Crippen LogP contribution in [0.3, 0.4) is 0 Å². The molecule has 2 aliphatic rings. The normalized spacial score (nSPS) is 33.8. The molecule has 1 aromatic heterocycles. The molecule has 0 amide bonds. The second-order valence-electron chi connectivity index (χ2n) is 3.64. The van der Waals surface area contributed by atoms with Crippen LogP contribution in [0.4, 0.5) is 0 Å². The van der Waals surface area contributed by atoms with Crippen molar-refractivity contribution in [2.45, 2.75) is 37.5 Å². The smallest absolute Gasteiger partial charge is 0.143 e. The minimum Gasteiger partial charge on any atom is -0.361 e. The maximum Gasteiger partial charge on any atom is 0.143 e. The summed E-state index contributed by atoms with van der Waals surface area (Å²) in [6.07, 6.45) is 7.36. The maximum atomic E-state index is 5.17. The third kappa shape index (κ3) is 0.602. The molecule has 0 radical (unpaired) electrons. The molecular formula is C9H11NO. The minimum absolute atomic E-state index is 0.737. The Bertz CT molecular complexity index is 252. The molecule has 1 heterocycles. The van der Waals surface area contributed by atoms with Gasteiger partial charge in [-0.15, -0.1) is 0 Å². The van der Waals surface area contributed by atoms with Crippen molar-refractivity contribution < 1.29 is 4.52 Å². The van der Waals surface area contributed by atoms with Crippen LogP contribution in [0.2, 0.25) is 0 Å². The van der Waals surface area contributed by atoms with Gasteiger partial charge in [0, 0.05) is 11.5 Å². The Kier molecular flexibility index (Phi) is 0.989. The zero-order valence-electron chi connectivity index (χ0n) is 6.42. The average Bonchev–Trinajstić information content (AvgIpc) is 2.44. The van der Waals surface area contributed by atoms with Crippen LogP contribution in [-0.2, 0) is 0 Å². The SMILES string of the molecule is c1noc2c1C1CCCCC21. The van der Waals surface area contributed by atoms with Gasteiger partial charge in [-0.05, 0) is 18.8 Å². The molecule has 2 atom stereocenters. The van der Waals surface area contributed by atoms with Crippen molar-refractivity contribution in [2.24, 2.45) is 0 Å². The largest absolute Gasteiger partial charge is 0.361 e. The summed E-state index contributed by atoms with van der Waals surface area (Å²) in [5, 5.41) is 3.83. The van der Waals surface area contributed by atoms with Gasteiger partial charge in [-0.1, -0.05) is 18.0 Å². The van der Waals surface area contributed by atoms with Crippen molar-refractivity contribution in [3.63, 3.8) is 0 Å². The standard InChI is InChI=1S/C9H11NO/c1-2-4-7-6(3-1)8-5-10-11-9(7)8/h5-7H,1-4H2. The van der Waals surface area contributed by atoms with Gasteiger partial charge in [-0.3, -0.25) is 0 Å². The Morgan fingerprint density at radius 3 is 3.00 bits per heavy atom.